The zero-order valence-electron chi connectivity index (χ0n) is 18.0. The molecule has 9 heteroatoms. The van der Waals surface area contributed by atoms with Gasteiger partial charge in [0.05, 0.1) is 10.4 Å². The summed E-state index contributed by atoms with van der Waals surface area (Å²) in [5, 5.41) is 0. The fourth-order valence-electron chi connectivity index (χ4n) is 3.41. The van der Waals surface area contributed by atoms with Crippen molar-refractivity contribution in [3.05, 3.63) is 64.6 Å². The summed E-state index contributed by atoms with van der Waals surface area (Å²) in [5.74, 6) is -0.794. The normalized spacial score (nSPS) is 12.9. The summed E-state index contributed by atoms with van der Waals surface area (Å²) < 4.78 is 35.0. The molecule has 2 aromatic carbocycles. The first-order valence-corrected chi connectivity index (χ1v) is 11.5. The van der Waals surface area contributed by atoms with Crippen LogP contribution >= 0.6 is 0 Å². The molecule has 1 N–H and O–H groups in total. The summed E-state index contributed by atoms with van der Waals surface area (Å²) in [6.45, 7) is 4.23. The fourth-order valence-corrected chi connectivity index (χ4v) is 4.63. The van der Waals surface area contributed by atoms with E-state index in [9.17, 15) is 18.0 Å². The van der Waals surface area contributed by atoms with Gasteiger partial charge in [-0.3, -0.25) is 9.36 Å². The van der Waals surface area contributed by atoms with Crippen LogP contribution in [-0.4, -0.2) is 36.9 Å². The summed E-state index contributed by atoms with van der Waals surface area (Å²) in [7, 11) is -0.824. The number of hydrogen-bond donors (Lipinski definition) is 1. The monoisotopic (exact) mass is 445 g/mol. The van der Waals surface area contributed by atoms with Crippen LogP contribution in [0.25, 0.3) is 11.1 Å². The number of aryl methyl sites for hydroxylation is 1. The second kappa shape index (κ2) is 9.07. The van der Waals surface area contributed by atoms with Crippen LogP contribution in [0.2, 0.25) is 0 Å². The first kappa shape index (κ1) is 22.8. The number of rotatable bonds is 8. The Labute approximate surface area is 181 Å². The van der Waals surface area contributed by atoms with Crippen LogP contribution < -0.4 is 10.5 Å². The Kier molecular flexibility index (Phi) is 6.66. The molecule has 1 aromatic heterocycles. The van der Waals surface area contributed by atoms with E-state index in [0.717, 1.165) is 5.56 Å². The van der Waals surface area contributed by atoms with Gasteiger partial charge in [0.15, 0.2) is 5.58 Å². The Hall–Kier alpha value is -2.91. The third-order valence-corrected chi connectivity index (χ3v) is 6.48. The van der Waals surface area contributed by atoms with Crippen LogP contribution in [0.5, 0.6) is 0 Å². The summed E-state index contributed by atoms with van der Waals surface area (Å²) in [4.78, 5) is 26.2. The van der Waals surface area contributed by atoms with E-state index in [4.69, 9.17) is 4.42 Å². The van der Waals surface area contributed by atoms with E-state index in [1.165, 1.54) is 27.7 Å². The van der Waals surface area contributed by atoms with Crippen molar-refractivity contribution in [3.8, 4) is 0 Å². The van der Waals surface area contributed by atoms with E-state index in [-0.39, 0.29) is 22.3 Å². The lowest BCUT2D eigenvalue weighted by Gasteiger charge is -2.26. The summed E-state index contributed by atoms with van der Waals surface area (Å²) in [6, 6.07) is 12.8. The van der Waals surface area contributed by atoms with Crippen molar-refractivity contribution in [2.75, 3.05) is 7.05 Å². The maximum Gasteiger partial charge on any atom is 0.419 e. The highest BCUT2D eigenvalue weighted by molar-refractivity contribution is 7.89. The Morgan fingerprint density at radius 2 is 1.84 bits per heavy atom. The van der Waals surface area contributed by atoms with Crippen molar-refractivity contribution in [2.45, 2.75) is 37.8 Å². The molecule has 0 aliphatic heterocycles. The van der Waals surface area contributed by atoms with Crippen LogP contribution in [0.3, 0.4) is 0 Å². The van der Waals surface area contributed by atoms with Crippen LogP contribution in [0, 0.1) is 5.92 Å². The van der Waals surface area contributed by atoms with Crippen LogP contribution in [-0.2, 0) is 28.4 Å². The number of carbonyl (C=O) groups is 1. The number of likely N-dealkylation sites (N-methyl/N-ethyl adjacent to an activating group) is 1. The number of carbonyl (C=O) groups excluding carboxylic acids is 1. The van der Waals surface area contributed by atoms with Gasteiger partial charge in [-0.25, -0.2) is 13.2 Å². The quantitative estimate of drug-likeness (QED) is 0.574. The van der Waals surface area contributed by atoms with E-state index in [2.05, 4.69) is 4.72 Å². The molecule has 0 saturated carbocycles. The molecule has 8 nitrogen and oxygen atoms in total. The van der Waals surface area contributed by atoms with Gasteiger partial charge in [0.25, 0.3) is 0 Å². The summed E-state index contributed by atoms with van der Waals surface area (Å²) >= 11 is 0. The Morgan fingerprint density at radius 3 is 2.48 bits per heavy atom. The van der Waals surface area contributed by atoms with Gasteiger partial charge in [-0.15, -0.1) is 0 Å². The molecule has 0 bridgehead atoms. The molecule has 0 aliphatic carbocycles. The minimum absolute atomic E-state index is 0.0679. The molecule has 0 spiro atoms. The van der Waals surface area contributed by atoms with Gasteiger partial charge in [0, 0.05) is 26.7 Å². The number of oxazole rings is 1. The van der Waals surface area contributed by atoms with E-state index >= 15 is 0 Å². The number of fused-ring (bicyclic) bond motifs is 1. The smallest absolute Gasteiger partial charge is 0.408 e. The van der Waals surface area contributed by atoms with E-state index in [1.54, 1.807) is 14.1 Å². The van der Waals surface area contributed by atoms with Crippen molar-refractivity contribution in [1.82, 2.24) is 14.2 Å². The van der Waals surface area contributed by atoms with Gasteiger partial charge in [0.2, 0.25) is 15.9 Å². The van der Waals surface area contributed by atoms with Gasteiger partial charge in [-0.1, -0.05) is 44.2 Å². The molecule has 1 unspecified atom stereocenters. The van der Waals surface area contributed by atoms with Gasteiger partial charge >= 0.3 is 5.76 Å². The number of sulfonamides is 1. The first-order chi connectivity index (χ1) is 14.6. The largest absolute Gasteiger partial charge is 0.419 e. The highest BCUT2D eigenvalue weighted by Crippen LogP contribution is 2.19. The molecule has 1 amide bonds. The predicted molar refractivity (Wildman–Crippen MR) is 118 cm³/mol. The van der Waals surface area contributed by atoms with Gasteiger partial charge < -0.3 is 9.32 Å². The van der Waals surface area contributed by atoms with Crippen LogP contribution in [0.15, 0.2) is 62.6 Å². The first-order valence-electron chi connectivity index (χ1n) is 9.99. The molecular weight excluding hydrogens is 418 g/mol. The van der Waals surface area contributed by atoms with Crippen molar-refractivity contribution in [3.63, 3.8) is 0 Å². The Morgan fingerprint density at radius 1 is 1.16 bits per heavy atom. The topological polar surface area (TPSA) is 102 Å². The lowest BCUT2D eigenvalue weighted by Crippen LogP contribution is -2.47. The van der Waals surface area contributed by atoms with Gasteiger partial charge in [-0.05, 0) is 30.0 Å². The lowest BCUT2D eigenvalue weighted by atomic mass is 10.0. The molecule has 0 radical (unpaired) electrons. The molecule has 1 heterocycles. The van der Waals surface area contributed by atoms with Gasteiger partial charge in [-0.2, -0.15) is 4.72 Å². The second-order valence-electron chi connectivity index (χ2n) is 8.04. The van der Waals surface area contributed by atoms with Crippen LogP contribution in [0.4, 0.5) is 0 Å². The van der Waals surface area contributed by atoms with E-state index < -0.39 is 21.8 Å². The number of nitrogens with zero attached hydrogens (tertiary/aromatic N) is 2. The SMILES string of the molecule is CC(C)CC(NS(=O)(=O)c1ccc2c(c1)oc(=O)n2C)C(=O)N(C)Cc1ccccc1. The highest BCUT2D eigenvalue weighted by atomic mass is 32.2. The maximum atomic E-state index is 13.1. The molecule has 3 rings (SSSR count). The second-order valence-corrected chi connectivity index (χ2v) is 9.75. The lowest BCUT2D eigenvalue weighted by molar-refractivity contribution is -0.132. The Balaban J connectivity index is 1.85. The molecule has 1 atom stereocenters. The zero-order valence-corrected chi connectivity index (χ0v) is 18.8. The summed E-state index contributed by atoms with van der Waals surface area (Å²) in [6.07, 6.45) is 0.347. The average molecular weight is 446 g/mol. The number of nitrogens with one attached hydrogen (secondary N) is 1. The van der Waals surface area contributed by atoms with Crippen molar-refractivity contribution in [2.24, 2.45) is 13.0 Å². The number of hydrogen-bond acceptors (Lipinski definition) is 5. The molecule has 3 aromatic rings. The summed E-state index contributed by atoms with van der Waals surface area (Å²) in [5.41, 5.74) is 1.61. The number of benzene rings is 2. The molecule has 31 heavy (non-hydrogen) atoms. The van der Waals surface area contributed by atoms with Crippen molar-refractivity contribution < 1.29 is 17.6 Å². The zero-order chi connectivity index (χ0) is 22.8. The molecule has 0 saturated heterocycles. The minimum atomic E-state index is -4.02. The third-order valence-electron chi connectivity index (χ3n) is 5.02. The standard InChI is InChI=1S/C22H27N3O5S/c1-15(2)12-18(21(26)24(3)14-16-8-6-5-7-9-16)23-31(28,29)17-10-11-19-20(13-17)30-22(27)25(19)4/h5-11,13,15,18,23H,12,14H2,1-4H3. The fraction of sp³-hybridized carbons (Fsp3) is 0.364. The van der Waals surface area contributed by atoms with Crippen LogP contribution in [0.1, 0.15) is 25.8 Å². The van der Waals surface area contributed by atoms with E-state index in [0.29, 0.717) is 18.5 Å². The molecule has 0 fully saturated rings. The van der Waals surface area contributed by atoms with Gasteiger partial charge in [0.1, 0.15) is 6.04 Å². The highest BCUT2D eigenvalue weighted by Gasteiger charge is 2.29. The number of amides is 1. The molecular formula is C22H27N3O5S. The Bertz CT molecular complexity index is 1230. The number of aromatic nitrogens is 1. The minimum Gasteiger partial charge on any atom is -0.408 e. The van der Waals surface area contributed by atoms with E-state index in [1.807, 2.05) is 44.2 Å². The predicted octanol–water partition coefficient (Wildman–Crippen LogP) is 2.48. The molecule has 166 valence electrons. The molecule has 0 aliphatic rings. The average Bonchev–Trinajstić information content (AvgIpc) is 3.00. The maximum absolute atomic E-state index is 13.1. The van der Waals surface area contributed by atoms with Crippen molar-refractivity contribution >= 4 is 27.0 Å². The third kappa shape index (κ3) is 5.23. The van der Waals surface area contributed by atoms with Crippen molar-refractivity contribution in [1.29, 1.82) is 0 Å².